The molecule has 1 saturated heterocycles. The van der Waals surface area contributed by atoms with E-state index in [9.17, 15) is 30.0 Å². The second-order valence-corrected chi connectivity index (χ2v) is 10.2. The number of nitrogens with zero attached hydrogens (tertiary/aromatic N) is 1. The summed E-state index contributed by atoms with van der Waals surface area (Å²) in [6, 6.07) is 16.6. The maximum absolute atomic E-state index is 12.2. The summed E-state index contributed by atoms with van der Waals surface area (Å²) in [5.74, 6) is -1.66. The Morgan fingerprint density at radius 2 is 1.77 bits per heavy atom. The molecule has 8 N–H and O–H groups in total. The van der Waals surface area contributed by atoms with Crippen LogP contribution >= 0.6 is 11.3 Å². The number of hydrogen-bond donors (Lipinski definition) is 7. The number of thiazole rings is 1. The first kappa shape index (κ1) is 29.6. The van der Waals surface area contributed by atoms with E-state index in [1.165, 1.54) is 11.3 Å². The molecule has 1 aliphatic rings. The smallest absolute Gasteiger partial charge is 0.335 e. The Kier molecular flexibility index (Phi) is 10.2. The molecule has 2 aromatic carbocycles. The summed E-state index contributed by atoms with van der Waals surface area (Å²) >= 11 is 1.29. The third-order valence-electron chi connectivity index (χ3n) is 6.35. The lowest BCUT2D eigenvalue weighted by Gasteiger charge is -2.39. The first-order chi connectivity index (χ1) is 19.2. The number of hydrogen-bond acceptors (Lipinski definition) is 11. The van der Waals surface area contributed by atoms with Gasteiger partial charge in [-0.25, -0.2) is 9.78 Å². The van der Waals surface area contributed by atoms with Gasteiger partial charge < -0.3 is 46.3 Å². The summed E-state index contributed by atoms with van der Waals surface area (Å²) in [7, 11) is 0. The molecule has 6 atom stereocenters. The molecule has 1 fully saturated rings. The van der Waals surface area contributed by atoms with Gasteiger partial charge in [0.1, 0.15) is 18.3 Å². The van der Waals surface area contributed by atoms with Crippen LogP contribution in [0, 0.1) is 0 Å². The highest BCUT2D eigenvalue weighted by atomic mass is 32.1. The van der Waals surface area contributed by atoms with Crippen molar-refractivity contribution in [1.29, 1.82) is 0 Å². The highest BCUT2D eigenvalue weighted by molar-refractivity contribution is 7.13. The van der Waals surface area contributed by atoms with E-state index in [-0.39, 0.29) is 12.3 Å². The summed E-state index contributed by atoms with van der Waals surface area (Å²) in [5.41, 5.74) is 8.67. The van der Waals surface area contributed by atoms with Crippen LogP contribution in [-0.4, -0.2) is 81.1 Å². The lowest BCUT2D eigenvalue weighted by Crippen LogP contribution is -2.60. The SMILES string of the molecule is Nc1nc(CC(=O)Nc2ccc(CCNCC(OC3OC(C(=O)O)C(O)C(O)C3O)c3ccccc3)cc2)cs1. The van der Waals surface area contributed by atoms with Gasteiger partial charge in [-0.1, -0.05) is 42.5 Å². The molecule has 1 aromatic heterocycles. The molecular weight excluding hydrogens is 540 g/mol. The van der Waals surface area contributed by atoms with Crippen molar-refractivity contribution in [3.63, 3.8) is 0 Å². The number of amides is 1. The molecule has 1 amide bonds. The van der Waals surface area contributed by atoms with Gasteiger partial charge in [0.15, 0.2) is 17.5 Å². The quantitative estimate of drug-likeness (QED) is 0.151. The number of carboxylic acid groups (broad SMARTS) is 1. The van der Waals surface area contributed by atoms with Gasteiger partial charge in [0.05, 0.1) is 18.2 Å². The van der Waals surface area contributed by atoms with E-state index in [1.54, 1.807) is 5.38 Å². The number of anilines is 2. The van der Waals surface area contributed by atoms with Crippen molar-refractivity contribution >= 4 is 34.0 Å². The molecule has 13 heteroatoms. The third kappa shape index (κ3) is 7.82. The van der Waals surface area contributed by atoms with E-state index in [4.69, 9.17) is 15.2 Å². The second-order valence-electron chi connectivity index (χ2n) is 9.32. The van der Waals surface area contributed by atoms with Crippen molar-refractivity contribution in [2.75, 3.05) is 24.1 Å². The standard InChI is InChI=1S/C27H32N4O8S/c28-27-31-18(14-40-27)12-20(32)30-17-8-6-15(7-9-17)10-11-29-13-19(16-4-2-1-3-5-16)38-26-23(35)21(33)22(34)24(39-26)25(36)37/h1-9,14,19,21-24,26,29,33-35H,10-13H2,(H2,28,31)(H,30,32)(H,36,37). The number of carbonyl (C=O) groups is 2. The number of nitrogens with two attached hydrogens (primary N) is 1. The molecule has 0 radical (unpaired) electrons. The van der Waals surface area contributed by atoms with Gasteiger partial charge in [-0.3, -0.25) is 4.79 Å². The van der Waals surface area contributed by atoms with Crippen molar-refractivity contribution in [2.24, 2.45) is 0 Å². The van der Waals surface area contributed by atoms with Crippen LogP contribution in [0.25, 0.3) is 0 Å². The molecule has 3 aromatic rings. The van der Waals surface area contributed by atoms with E-state index in [1.807, 2.05) is 54.6 Å². The van der Waals surface area contributed by atoms with E-state index in [0.29, 0.717) is 36.0 Å². The molecule has 4 rings (SSSR count). The second kappa shape index (κ2) is 13.8. The topological polar surface area (TPSA) is 196 Å². The number of aromatic nitrogens is 1. The van der Waals surface area contributed by atoms with Crippen LogP contribution in [0.5, 0.6) is 0 Å². The molecule has 0 saturated carbocycles. The van der Waals surface area contributed by atoms with E-state index < -0.39 is 42.8 Å². The van der Waals surface area contributed by atoms with Gasteiger partial charge in [0.25, 0.3) is 0 Å². The molecule has 1 aliphatic heterocycles. The molecule has 0 aliphatic carbocycles. The number of nitrogens with one attached hydrogen (secondary N) is 2. The minimum absolute atomic E-state index is 0.142. The van der Waals surface area contributed by atoms with Crippen LogP contribution in [0.15, 0.2) is 60.0 Å². The fourth-order valence-corrected chi connectivity index (χ4v) is 4.80. The molecular formula is C27H32N4O8S. The Morgan fingerprint density at radius 3 is 2.42 bits per heavy atom. The summed E-state index contributed by atoms with van der Waals surface area (Å²) < 4.78 is 11.2. The fraction of sp³-hybridized carbons (Fsp3) is 0.370. The zero-order valence-corrected chi connectivity index (χ0v) is 22.2. The Balaban J connectivity index is 1.29. The van der Waals surface area contributed by atoms with Crippen LogP contribution < -0.4 is 16.4 Å². The van der Waals surface area contributed by atoms with Gasteiger partial charge in [-0.05, 0) is 36.2 Å². The van der Waals surface area contributed by atoms with Gasteiger partial charge in [-0.15, -0.1) is 11.3 Å². The third-order valence-corrected chi connectivity index (χ3v) is 7.07. The van der Waals surface area contributed by atoms with Gasteiger partial charge in [-0.2, -0.15) is 0 Å². The van der Waals surface area contributed by atoms with Crippen molar-refractivity contribution in [1.82, 2.24) is 10.3 Å². The lowest BCUT2D eigenvalue weighted by atomic mass is 9.99. The van der Waals surface area contributed by atoms with E-state index >= 15 is 0 Å². The van der Waals surface area contributed by atoms with Gasteiger partial charge in [0, 0.05) is 17.6 Å². The van der Waals surface area contributed by atoms with Crippen molar-refractivity contribution in [2.45, 2.75) is 49.7 Å². The average Bonchev–Trinajstić information content (AvgIpc) is 3.35. The first-order valence-corrected chi connectivity index (χ1v) is 13.5. The fourth-order valence-electron chi connectivity index (χ4n) is 4.23. The Labute approximate surface area is 234 Å². The number of carbonyl (C=O) groups excluding carboxylic acids is 1. The summed E-state index contributed by atoms with van der Waals surface area (Å²) in [6.07, 6.45) is -8.24. The predicted octanol–water partition coefficient (Wildman–Crippen LogP) is 0.689. The molecule has 12 nitrogen and oxygen atoms in total. The molecule has 2 heterocycles. The normalized spacial score (nSPS) is 23.4. The Hall–Kier alpha value is -3.43. The van der Waals surface area contributed by atoms with Crippen LogP contribution in [0.3, 0.4) is 0 Å². The highest BCUT2D eigenvalue weighted by Gasteiger charge is 2.48. The van der Waals surface area contributed by atoms with Crippen molar-refractivity contribution in [3.8, 4) is 0 Å². The van der Waals surface area contributed by atoms with Crippen LogP contribution in [0.2, 0.25) is 0 Å². The van der Waals surface area contributed by atoms with Gasteiger partial charge in [0.2, 0.25) is 5.91 Å². The summed E-state index contributed by atoms with van der Waals surface area (Å²) in [6.45, 7) is 0.860. The first-order valence-electron chi connectivity index (χ1n) is 12.6. The summed E-state index contributed by atoms with van der Waals surface area (Å²) in [4.78, 5) is 27.8. The number of aliphatic carboxylic acids is 1. The number of aliphatic hydroxyl groups is 3. The predicted molar refractivity (Wildman–Crippen MR) is 146 cm³/mol. The number of aliphatic hydroxyl groups excluding tert-OH is 3. The van der Waals surface area contributed by atoms with Crippen molar-refractivity contribution in [3.05, 3.63) is 76.8 Å². The van der Waals surface area contributed by atoms with Gasteiger partial charge >= 0.3 is 5.97 Å². The minimum atomic E-state index is -1.79. The molecule has 214 valence electrons. The zero-order valence-electron chi connectivity index (χ0n) is 21.4. The van der Waals surface area contributed by atoms with Crippen LogP contribution in [-0.2, 0) is 31.9 Å². The number of benzene rings is 2. The maximum Gasteiger partial charge on any atom is 0.335 e. The number of rotatable bonds is 12. The minimum Gasteiger partial charge on any atom is -0.479 e. The number of ether oxygens (including phenoxy) is 2. The van der Waals surface area contributed by atoms with Crippen LogP contribution in [0.4, 0.5) is 10.8 Å². The van der Waals surface area contributed by atoms with E-state index in [2.05, 4.69) is 15.6 Å². The molecule has 0 spiro atoms. The number of nitrogen functional groups attached to an aromatic ring is 1. The zero-order chi connectivity index (χ0) is 28.6. The van der Waals surface area contributed by atoms with Crippen LogP contribution in [0.1, 0.15) is 22.9 Å². The summed E-state index contributed by atoms with van der Waals surface area (Å²) in [5, 5.41) is 48.0. The largest absolute Gasteiger partial charge is 0.479 e. The molecule has 0 bridgehead atoms. The lowest BCUT2D eigenvalue weighted by molar-refractivity contribution is -0.305. The van der Waals surface area contributed by atoms with Crippen molar-refractivity contribution < 1.29 is 39.5 Å². The highest BCUT2D eigenvalue weighted by Crippen LogP contribution is 2.27. The number of carboxylic acids is 1. The average molecular weight is 573 g/mol. The Morgan fingerprint density at radius 1 is 1.05 bits per heavy atom. The Bertz CT molecular complexity index is 1260. The monoisotopic (exact) mass is 572 g/mol. The molecule has 40 heavy (non-hydrogen) atoms. The molecule has 6 unspecified atom stereocenters. The van der Waals surface area contributed by atoms with E-state index in [0.717, 1.165) is 11.1 Å². The maximum atomic E-state index is 12.2.